The van der Waals surface area contributed by atoms with E-state index in [9.17, 15) is 4.79 Å². The zero-order valence-electron chi connectivity index (χ0n) is 10.8. The number of hydrogen-bond acceptors (Lipinski definition) is 4. The predicted octanol–water partition coefficient (Wildman–Crippen LogP) is 1.50. The maximum atomic E-state index is 11.3. The molecule has 100 valence electrons. The van der Waals surface area contributed by atoms with Crippen LogP contribution in [-0.4, -0.2) is 27.4 Å². The van der Waals surface area contributed by atoms with Gasteiger partial charge in [0.15, 0.2) is 5.65 Å². The number of amides is 1. The molecule has 0 bridgehead atoms. The van der Waals surface area contributed by atoms with Crippen molar-refractivity contribution in [3.63, 3.8) is 0 Å². The largest absolute Gasteiger partial charge is 0.496 e. The normalized spacial score (nSPS) is 10.7. The molecule has 0 unspecified atom stereocenters. The summed E-state index contributed by atoms with van der Waals surface area (Å²) in [4.78, 5) is 19.8. The number of aromatic nitrogens is 3. The summed E-state index contributed by atoms with van der Waals surface area (Å²) in [5.74, 6) is -0.0854. The first-order valence-electron chi connectivity index (χ1n) is 5.96. The fourth-order valence-corrected chi connectivity index (χ4v) is 2.04. The smallest absolute Gasteiger partial charge is 0.252 e. The monoisotopic (exact) mass is 268 g/mol. The van der Waals surface area contributed by atoms with Crippen LogP contribution < -0.4 is 10.5 Å². The van der Waals surface area contributed by atoms with Crippen molar-refractivity contribution < 1.29 is 9.53 Å². The van der Waals surface area contributed by atoms with Gasteiger partial charge in [0.25, 0.3) is 5.91 Å². The number of imidazole rings is 1. The second-order valence-electron chi connectivity index (χ2n) is 4.25. The third-order valence-electron chi connectivity index (χ3n) is 3.03. The van der Waals surface area contributed by atoms with E-state index in [0.717, 1.165) is 16.9 Å². The van der Waals surface area contributed by atoms with Gasteiger partial charge in [-0.05, 0) is 12.1 Å². The maximum Gasteiger partial charge on any atom is 0.252 e. The Bertz CT molecular complexity index is 762. The fraction of sp³-hybridized carbons (Fsp3) is 0.0714. The minimum Gasteiger partial charge on any atom is -0.496 e. The number of carbonyl (C=O) groups is 1. The molecular formula is C14H12N4O2. The van der Waals surface area contributed by atoms with Crippen LogP contribution in [0.1, 0.15) is 10.4 Å². The van der Waals surface area contributed by atoms with E-state index in [1.165, 1.54) is 7.11 Å². The van der Waals surface area contributed by atoms with Crippen molar-refractivity contribution >= 4 is 11.6 Å². The van der Waals surface area contributed by atoms with Crippen molar-refractivity contribution in [2.45, 2.75) is 0 Å². The van der Waals surface area contributed by atoms with E-state index < -0.39 is 5.91 Å². The Labute approximate surface area is 114 Å². The molecule has 3 rings (SSSR count). The molecule has 0 atom stereocenters. The van der Waals surface area contributed by atoms with Gasteiger partial charge in [0, 0.05) is 24.2 Å². The van der Waals surface area contributed by atoms with Gasteiger partial charge in [-0.1, -0.05) is 6.07 Å². The number of rotatable bonds is 3. The molecule has 6 nitrogen and oxygen atoms in total. The number of benzene rings is 1. The van der Waals surface area contributed by atoms with Gasteiger partial charge in [0.1, 0.15) is 5.75 Å². The van der Waals surface area contributed by atoms with Gasteiger partial charge in [0.05, 0.1) is 24.6 Å². The molecule has 6 heteroatoms. The molecule has 20 heavy (non-hydrogen) atoms. The van der Waals surface area contributed by atoms with E-state index in [4.69, 9.17) is 10.5 Å². The molecule has 0 aliphatic heterocycles. The standard InChI is InChI=1S/C14H12N4O2/c1-20-12-6-9(2-3-10(12)14(15)19)11-8-18-5-4-16-7-13(18)17-11/h2-8H,1H3,(H2,15,19). The Morgan fingerprint density at radius 3 is 2.95 bits per heavy atom. The molecule has 1 aromatic carbocycles. The van der Waals surface area contributed by atoms with Crippen LogP contribution in [0, 0.1) is 0 Å². The lowest BCUT2D eigenvalue weighted by Gasteiger charge is -2.06. The second-order valence-corrected chi connectivity index (χ2v) is 4.25. The molecule has 2 aromatic heterocycles. The molecule has 0 aliphatic rings. The maximum absolute atomic E-state index is 11.3. The summed E-state index contributed by atoms with van der Waals surface area (Å²) in [6.07, 6.45) is 7.07. The van der Waals surface area contributed by atoms with E-state index in [-0.39, 0.29) is 0 Å². The van der Waals surface area contributed by atoms with Crippen LogP contribution in [0.4, 0.5) is 0 Å². The zero-order valence-corrected chi connectivity index (χ0v) is 10.8. The summed E-state index contributed by atoms with van der Waals surface area (Å²) >= 11 is 0. The Balaban J connectivity index is 2.12. The van der Waals surface area contributed by atoms with Crippen molar-refractivity contribution in [1.82, 2.24) is 14.4 Å². The Morgan fingerprint density at radius 1 is 1.40 bits per heavy atom. The highest BCUT2D eigenvalue weighted by Gasteiger charge is 2.12. The third-order valence-corrected chi connectivity index (χ3v) is 3.03. The first-order valence-corrected chi connectivity index (χ1v) is 5.96. The van der Waals surface area contributed by atoms with E-state index >= 15 is 0 Å². The van der Waals surface area contributed by atoms with Crippen molar-refractivity contribution in [2.24, 2.45) is 5.73 Å². The number of fused-ring (bicyclic) bond motifs is 1. The van der Waals surface area contributed by atoms with E-state index in [1.54, 1.807) is 30.6 Å². The van der Waals surface area contributed by atoms with Gasteiger partial charge in [-0.15, -0.1) is 0 Å². The highest BCUT2D eigenvalue weighted by atomic mass is 16.5. The van der Waals surface area contributed by atoms with Crippen LogP contribution in [0.3, 0.4) is 0 Å². The molecule has 0 saturated heterocycles. The van der Waals surface area contributed by atoms with Crippen LogP contribution in [-0.2, 0) is 0 Å². The quantitative estimate of drug-likeness (QED) is 0.780. The van der Waals surface area contributed by atoms with E-state index in [1.807, 2.05) is 16.8 Å². The lowest BCUT2D eigenvalue weighted by Crippen LogP contribution is -2.12. The minimum absolute atomic E-state index is 0.349. The molecule has 2 heterocycles. The summed E-state index contributed by atoms with van der Waals surface area (Å²) in [5.41, 5.74) is 8.01. The van der Waals surface area contributed by atoms with Gasteiger partial charge in [-0.2, -0.15) is 0 Å². The van der Waals surface area contributed by atoms with Crippen LogP contribution in [0.5, 0.6) is 5.75 Å². The first-order chi connectivity index (χ1) is 9.69. The first kappa shape index (κ1) is 12.2. The van der Waals surface area contributed by atoms with Crippen LogP contribution >= 0.6 is 0 Å². The highest BCUT2D eigenvalue weighted by molar-refractivity contribution is 5.96. The fourth-order valence-electron chi connectivity index (χ4n) is 2.04. The van der Waals surface area contributed by atoms with Crippen LogP contribution in [0.2, 0.25) is 0 Å². The summed E-state index contributed by atoms with van der Waals surface area (Å²) in [7, 11) is 1.50. The molecule has 0 saturated carbocycles. The Hall–Kier alpha value is -2.89. The average molecular weight is 268 g/mol. The lowest BCUT2D eigenvalue weighted by atomic mass is 10.1. The van der Waals surface area contributed by atoms with Crippen molar-refractivity contribution in [1.29, 1.82) is 0 Å². The zero-order chi connectivity index (χ0) is 14.1. The summed E-state index contributed by atoms with van der Waals surface area (Å²) in [6.45, 7) is 0. The van der Waals surface area contributed by atoms with E-state index in [2.05, 4.69) is 9.97 Å². The number of carbonyl (C=O) groups excluding carboxylic acids is 1. The van der Waals surface area contributed by atoms with Crippen molar-refractivity contribution in [2.75, 3.05) is 7.11 Å². The minimum atomic E-state index is -0.521. The topological polar surface area (TPSA) is 82.5 Å². The van der Waals surface area contributed by atoms with Gasteiger partial charge in [0.2, 0.25) is 0 Å². The number of methoxy groups -OCH3 is 1. The van der Waals surface area contributed by atoms with Crippen molar-refractivity contribution in [3.8, 4) is 17.0 Å². The number of ether oxygens (including phenoxy) is 1. The molecule has 2 N–H and O–H groups in total. The molecule has 0 fully saturated rings. The predicted molar refractivity (Wildman–Crippen MR) is 73.5 cm³/mol. The van der Waals surface area contributed by atoms with Gasteiger partial charge in [-0.3, -0.25) is 9.78 Å². The molecular weight excluding hydrogens is 256 g/mol. The van der Waals surface area contributed by atoms with Gasteiger partial charge in [-0.25, -0.2) is 4.98 Å². The summed E-state index contributed by atoms with van der Waals surface area (Å²) in [6, 6.07) is 5.17. The third kappa shape index (κ3) is 1.97. The Morgan fingerprint density at radius 2 is 2.25 bits per heavy atom. The molecule has 3 aromatic rings. The highest BCUT2D eigenvalue weighted by Crippen LogP contribution is 2.26. The van der Waals surface area contributed by atoms with Crippen molar-refractivity contribution in [3.05, 3.63) is 48.5 Å². The summed E-state index contributed by atoms with van der Waals surface area (Å²) < 4.78 is 7.07. The number of nitrogens with zero attached hydrogens (tertiary/aromatic N) is 3. The van der Waals surface area contributed by atoms with Crippen LogP contribution in [0.25, 0.3) is 16.9 Å². The van der Waals surface area contributed by atoms with Gasteiger partial charge >= 0.3 is 0 Å². The lowest BCUT2D eigenvalue weighted by molar-refractivity contribution is 0.0997. The van der Waals surface area contributed by atoms with Gasteiger partial charge < -0.3 is 14.9 Å². The molecule has 0 radical (unpaired) electrons. The summed E-state index contributed by atoms with van der Waals surface area (Å²) in [5, 5.41) is 0. The second kappa shape index (κ2) is 4.65. The Kier molecular flexibility index (Phi) is 2.83. The van der Waals surface area contributed by atoms with Crippen LogP contribution in [0.15, 0.2) is 43.0 Å². The number of nitrogens with two attached hydrogens (primary N) is 1. The SMILES string of the molecule is COc1cc(-c2cn3ccncc3n2)ccc1C(N)=O. The van der Waals surface area contributed by atoms with E-state index in [0.29, 0.717) is 11.3 Å². The molecule has 0 aliphatic carbocycles. The number of hydrogen-bond donors (Lipinski definition) is 1. The molecule has 1 amide bonds. The number of primary amides is 1. The average Bonchev–Trinajstić information content (AvgIpc) is 2.90. The molecule has 0 spiro atoms.